The molecule has 0 radical (unpaired) electrons. The van der Waals surface area contributed by atoms with Crippen LogP contribution in [0.2, 0.25) is 0 Å². The Bertz CT molecular complexity index is 572. The average molecular weight is 273 g/mol. The summed E-state index contributed by atoms with van der Waals surface area (Å²) in [6, 6.07) is 6.71. The van der Waals surface area contributed by atoms with Crippen molar-refractivity contribution < 1.29 is 14.4 Å². The number of benzene rings is 1. The Balaban J connectivity index is 1.61. The number of carbonyl (C=O) groups excluding carboxylic acids is 3. The number of carbonyl (C=O) groups is 3. The van der Waals surface area contributed by atoms with Crippen LogP contribution in [0.3, 0.4) is 0 Å². The molecule has 3 rings (SSSR count). The number of rotatable bonds is 4. The van der Waals surface area contributed by atoms with Crippen LogP contribution in [0.15, 0.2) is 24.3 Å². The Kier molecular flexibility index (Phi) is 2.83. The van der Waals surface area contributed by atoms with Crippen molar-refractivity contribution in [2.24, 2.45) is 5.73 Å². The van der Waals surface area contributed by atoms with Gasteiger partial charge in [0.2, 0.25) is 5.91 Å². The standard InChI is InChI=1S/C14H15N3O3/c15-14(5-6-14)13(20)16-7-8-17-11(18)9-3-1-2-4-10(9)12(17)19/h1-4H,5-8,15H2,(H,16,20). The second-order valence-electron chi connectivity index (χ2n) is 5.22. The summed E-state index contributed by atoms with van der Waals surface area (Å²) in [5, 5.41) is 2.67. The second-order valence-corrected chi connectivity index (χ2v) is 5.22. The number of amides is 3. The fraction of sp³-hybridized carbons (Fsp3) is 0.357. The molecule has 0 aromatic heterocycles. The van der Waals surface area contributed by atoms with E-state index in [0.717, 1.165) is 4.90 Å². The first-order valence-electron chi connectivity index (χ1n) is 6.55. The first-order valence-corrected chi connectivity index (χ1v) is 6.55. The summed E-state index contributed by atoms with van der Waals surface area (Å²) in [7, 11) is 0. The lowest BCUT2D eigenvalue weighted by Crippen LogP contribution is -2.46. The summed E-state index contributed by atoms with van der Waals surface area (Å²) >= 11 is 0. The third-order valence-electron chi connectivity index (χ3n) is 3.74. The summed E-state index contributed by atoms with van der Waals surface area (Å²) in [6.07, 6.45) is 1.37. The van der Waals surface area contributed by atoms with E-state index < -0.39 is 5.54 Å². The maximum atomic E-state index is 12.1. The molecule has 3 N–H and O–H groups in total. The van der Waals surface area contributed by atoms with Gasteiger partial charge in [0.25, 0.3) is 11.8 Å². The SMILES string of the molecule is NC1(C(=O)NCCN2C(=O)c3ccccc3C2=O)CC1. The predicted molar refractivity (Wildman–Crippen MR) is 71.0 cm³/mol. The molecule has 6 heteroatoms. The highest BCUT2D eigenvalue weighted by Crippen LogP contribution is 2.32. The number of hydrogen-bond acceptors (Lipinski definition) is 4. The molecule has 1 aliphatic heterocycles. The summed E-state index contributed by atoms with van der Waals surface area (Å²) in [5.74, 6) is -0.837. The molecule has 1 aromatic rings. The number of nitrogens with zero attached hydrogens (tertiary/aromatic N) is 1. The molecular weight excluding hydrogens is 258 g/mol. The van der Waals surface area contributed by atoms with Crippen LogP contribution in [0.4, 0.5) is 0 Å². The van der Waals surface area contributed by atoms with Gasteiger partial charge in [0.1, 0.15) is 0 Å². The highest BCUT2D eigenvalue weighted by molar-refractivity contribution is 6.21. The zero-order valence-electron chi connectivity index (χ0n) is 10.9. The van der Waals surface area contributed by atoms with Crippen molar-refractivity contribution in [1.82, 2.24) is 10.2 Å². The van der Waals surface area contributed by atoms with Gasteiger partial charge in [0, 0.05) is 13.1 Å². The van der Waals surface area contributed by atoms with Gasteiger partial charge in [-0.05, 0) is 25.0 Å². The molecule has 0 saturated heterocycles. The van der Waals surface area contributed by atoms with Crippen molar-refractivity contribution in [3.63, 3.8) is 0 Å². The molecule has 1 aromatic carbocycles. The van der Waals surface area contributed by atoms with E-state index in [-0.39, 0.29) is 30.8 Å². The van der Waals surface area contributed by atoms with E-state index in [0.29, 0.717) is 24.0 Å². The molecule has 1 fully saturated rings. The quantitative estimate of drug-likeness (QED) is 0.749. The molecule has 3 amide bonds. The smallest absolute Gasteiger partial charge is 0.261 e. The Morgan fingerprint density at radius 2 is 1.75 bits per heavy atom. The van der Waals surface area contributed by atoms with Gasteiger partial charge in [0.05, 0.1) is 16.7 Å². The van der Waals surface area contributed by atoms with Crippen LogP contribution in [-0.2, 0) is 4.79 Å². The monoisotopic (exact) mass is 273 g/mol. The third kappa shape index (κ3) is 1.98. The summed E-state index contributed by atoms with van der Waals surface area (Å²) < 4.78 is 0. The lowest BCUT2D eigenvalue weighted by atomic mass is 10.1. The van der Waals surface area contributed by atoms with Crippen molar-refractivity contribution in [1.29, 1.82) is 0 Å². The van der Waals surface area contributed by atoms with E-state index >= 15 is 0 Å². The highest BCUT2D eigenvalue weighted by Gasteiger charge is 2.45. The van der Waals surface area contributed by atoms with E-state index in [1.807, 2.05) is 0 Å². The Morgan fingerprint density at radius 1 is 1.20 bits per heavy atom. The summed E-state index contributed by atoms with van der Waals surface area (Å²) in [6.45, 7) is 0.386. The van der Waals surface area contributed by atoms with E-state index in [1.54, 1.807) is 24.3 Å². The van der Waals surface area contributed by atoms with Crippen molar-refractivity contribution in [3.05, 3.63) is 35.4 Å². The summed E-state index contributed by atoms with van der Waals surface area (Å²) in [4.78, 5) is 36.9. The van der Waals surface area contributed by atoms with Crippen molar-refractivity contribution in [2.75, 3.05) is 13.1 Å². The molecule has 0 bridgehead atoms. The number of nitrogens with one attached hydrogen (secondary N) is 1. The minimum absolute atomic E-state index is 0.161. The molecule has 1 saturated carbocycles. The largest absolute Gasteiger partial charge is 0.353 e. The fourth-order valence-electron chi connectivity index (χ4n) is 2.26. The van der Waals surface area contributed by atoms with Crippen LogP contribution < -0.4 is 11.1 Å². The van der Waals surface area contributed by atoms with Gasteiger partial charge < -0.3 is 11.1 Å². The van der Waals surface area contributed by atoms with E-state index in [9.17, 15) is 14.4 Å². The van der Waals surface area contributed by atoms with Gasteiger partial charge in [-0.25, -0.2) is 0 Å². The first-order chi connectivity index (χ1) is 9.53. The number of imide groups is 1. The van der Waals surface area contributed by atoms with Crippen LogP contribution >= 0.6 is 0 Å². The first kappa shape index (κ1) is 12.8. The van der Waals surface area contributed by atoms with E-state index in [4.69, 9.17) is 5.73 Å². The highest BCUT2D eigenvalue weighted by atomic mass is 16.2. The minimum atomic E-state index is -0.734. The van der Waals surface area contributed by atoms with Crippen LogP contribution in [0.5, 0.6) is 0 Å². The molecule has 0 atom stereocenters. The van der Waals surface area contributed by atoms with Gasteiger partial charge in [-0.15, -0.1) is 0 Å². The second kappa shape index (κ2) is 4.42. The Labute approximate surface area is 115 Å². The molecule has 1 aliphatic carbocycles. The zero-order chi connectivity index (χ0) is 14.3. The Hall–Kier alpha value is -2.21. The van der Waals surface area contributed by atoms with Crippen LogP contribution in [0, 0.1) is 0 Å². The van der Waals surface area contributed by atoms with Crippen molar-refractivity contribution in [3.8, 4) is 0 Å². The lowest BCUT2D eigenvalue weighted by molar-refractivity contribution is -0.123. The van der Waals surface area contributed by atoms with Crippen LogP contribution in [0.25, 0.3) is 0 Å². The van der Waals surface area contributed by atoms with Gasteiger partial charge in [0.15, 0.2) is 0 Å². The number of nitrogens with two attached hydrogens (primary N) is 1. The van der Waals surface area contributed by atoms with Gasteiger partial charge >= 0.3 is 0 Å². The fourth-order valence-corrected chi connectivity index (χ4v) is 2.26. The lowest BCUT2D eigenvalue weighted by Gasteiger charge is -2.15. The van der Waals surface area contributed by atoms with E-state index in [1.165, 1.54) is 0 Å². The van der Waals surface area contributed by atoms with Crippen molar-refractivity contribution >= 4 is 17.7 Å². The molecule has 6 nitrogen and oxygen atoms in total. The normalized spacial score (nSPS) is 18.9. The van der Waals surface area contributed by atoms with Crippen LogP contribution in [0.1, 0.15) is 33.6 Å². The molecule has 0 unspecified atom stereocenters. The Morgan fingerprint density at radius 3 is 2.25 bits per heavy atom. The van der Waals surface area contributed by atoms with E-state index in [2.05, 4.69) is 5.32 Å². The molecule has 1 heterocycles. The molecule has 0 spiro atoms. The number of hydrogen-bond donors (Lipinski definition) is 2. The van der Waals surface area contributed by atoms with Gasteiger partial charge in [-0.1, -0.05) is 12.1 Å². The summed E-state index contributed by atoms with van der Waals surface area (Å²) in [5.41, 5.74) is 5.85. The molecular formula is C14H15N3O3. The minimum Gasteiger partial charge on any atom is -0.353 e. The maximum absolute atomic E-state index is 12.1. The molecule has 2 aliphatic rings. The topological polar surface area (TPSA) is 92.5 Å². The van der Waals surface area contributed by atoms with Crippen molar-refractivity contribution in [2.45, 2.75) is 18.4 Å². The van der Waals surface area contributed by atoms with Gasteiger partial charge in [-0.3, -0.25) is 19.3 Å². The number of fused-ring (bicyclic) bond motifs is 1. The van der Waals surface area contributed by atoms with Crippen LogP contribution in [-0.4, -0.2) is 41.2 Å². The average Bonchev–Trinajstić information content (AvgIpc) is 3.16. The third-order valence-corrected chi connectivity index (χ3v) is 3.74. The zero-order valence-corrected chi connectivity index (χ0v) is 10.9. The van der Waals surface area contributed by atoms with Gasteiger partial charge in [-0.2, -0.15) is 0 Å². The maximum Gasteiger partial charge on any atom is 0.261 e. The molecule has 104 valence electrons. The molecule has 20 heavy (non-hydrogen) atoms. The predicted octanol–water partition coefficient (Wildman–Crippen LogP) is -0.110.